The Labute approximate surface area is 73.1 Å². The monoisotopic (exact) mass is 194 g/mol. The fourth-order valence-electron chi connectivity index (χ4n) is 0.779. The first kappa shape index (κ1) is 10.0. The molecule has 1 aromatic heterocycles. The van der Waals surface area contributed by atoms with E-state index in [0.29, 0.717) is 6.54 Å². The molecule has 0 saturated heterocycles. The minimum Gasteiger partial charge on any atom is -0.370 e. The molecule has 3 nitrogen and oxygen atoms in total. The molecule has 74 valence electrons. The first-order valence-corrected chi connectivity index (χ1v) is 3.70. The highest BCUT2D eigenvalue weighted by Crippen LogP contribution is 2.14. The van der Waals surface area contributed by atoms with Gasteiger partial charge >= 0.3 is 6.18 Å². The van der Waals surface area contributed by atoms with Crippen molar-refractivity contribution >= 4 is 0 Å². The standard InChI is InChI=1S/C7H9F3N2O/c8-7(9,10)6-13-5-4-12-3-1-2-11-12/h1-3H,4-6H2. The van der Waals surface area contributed by atoms with Crippen molar-refractivity contribution < 1.29 is 17.9 Å². The molecule has 0 bridgehead atoms. The van der Waals surface area contributed by atoms with Gasteiger partial charge in [-0.25, -0.2) is 0 Å². The van der Waals surface area contributed by atoms with Crippen LogP contribution < -0.4 is 0 Å². The van der Waals surface area contributed by atoms with Gasteiger partial charge in [0.2, 0.25) is 0 Å². The topological polar surface area (TPSA) is 27.1 Å². The molecule has 1 heterocycles. The van der Waals surface area contributed by atoms with E-state index in [2.05, 4.69) is 9.84 Å². The van der Waals surface area contributed by atoms with Crippen LogP contribution in [-0.4, -0.2) is 29.2 Å². The van der Waals surface area contributed by atoms with Crippen molar-refractivity contribution in [2.45, 2.75) is 12.7 Å². The number of ether oxygens (including phenoxy) is 1. The van der Waals surface area contributed by atoms with Crippen LogP contribution >= 0.6 is 0 Å². The summed E-state index contributed by atoms with van der Waals surface area (Å²) >= 11 is 0. The van der Waals surface area contributed by atoms with Crippen LogP contribution in [0.2, 0.25) is 0 Å². The summed E-state index contributed by atoms with van der Waals surface area (Å²) in [6.45, 7) is -0.849. The van der Waals surface area contributed by atoms with Gasteiger partial charge in [0, 0.05) is 12.4 Å². The predicted octanol–water partition coefficient (Wildman–Crippen LogP) is 1.46. The molecule has 0 N–H and O–H groups in total. The number of nitrogens with zero attached hydrogens (tertiary/aromatic N) is 2. The largest absolute Gasteiger partial charge is 0.411 e. The van der Waals surface area contributed by atoms with Crippen LogP contribution in [0.4, 0.5) is 13.2 Å². The maximum absolute atomic E-state index is 11.6. The molecule has 0 unspecified atom stereocenters. The molecule has 1 rings (SSSR count). The van der Waals surface area contributed by atoms with Crippen molar-refractivity contribution in [3.63, 3.8) is 0 Å². The van der Waals surface area contributed by atoms with Crippen molar-refractivity contribution in [1.29, 1.82) is 0 Å². The maximum Gasteiger partial charge on any atom is 0.411 e. The van der Waals surface area contributed by atoms with Crippen LogP contribution in [0.5, 0.6) is 0 Å². The van der Waals surface area contributed by atoms with E-state index in [9.17, 15) is 13.2 Å². The Hall–Kier alpha value is -1.04. The zero-order chi connectivity index (χ0) is 9.73. The number of alkyl halides is 3. The first-order valence-electron chi connectivity index (χ1n) is 3.70. The molecule has 0 aliphatic rings. The molecule has 1 aromatic rings. The van der Waals surface area contributed by atoms with E-state index in [1.807, 2.05) is 0 Å². The fourth-order valence-corrected chi connectivity index (χ4v) is 0.779. The number of hydrogen-bond donors (Lipinski definition) is 0. The van der Waals surface area contributed by atoms with Crippen LogP contribution in [0.15, 0.2) is 18.5 Å². The van der Waals surface area contributed by atoms with Crippen LogP contribution in [0.1, 0.15) is 0 Å². The van der Waals surface area contributed by atoms with Gasteiger partial charge in [-0.1, -0.05) is 0 Å². The highest BCUT2D eigenvalue weighted by Gasteiger charge is 2.27. The molecule has 0 aromatic carbocycles. The van der Waals surface area contributed by atoms with Gasteiger partial charge < -0.3 is 4.74 Å². The number of hydrogen-bond acceptors (Lipinski definition) is 2. The lowest BCUT2D eigenvalue weighted by molar-refractivity contribution is -0.174. The van der Waals surface area contributed by atoms with Gasteiger partial charge in [0.15, 0.2) is 0 Å². The average Bonchev–Trinajstić information content (AvgIpc) is 2.48. The van der Waals surface area contributed by atoms with Crippen LogP contribution in [-0.2, 0) is 11.3 Å². The molecule has 0 saturated carbocycles. The van der Waals surface area contributed by atoms with Gasteiger partial charge in [-0.15, -0.1) is 0 Å². The van der Waals surface area contributed by atoms with Gasteiger partial charge in [-0.05, 0) is 6.07 Å². The number of aromatic nitrogens is 2. The van der Waals surface area contributed by atoms with Crippen molar-refractivity contribution in [3.05, 3.63) is 18.5 Å². The van der Waals surface area contributed by atoms with E-state index in [-0.39, 0.29) is 6.61 Å². The van der Waals surface area contributed by atoms with Crippen molar-refractivity contribution in [2.24, 2.45) is 0 Å². The van der Waals surface area contributed by atoms with E-state index >= 15 is 0 Å². The predicted molar refractivity (Wildman–Crippen MR) is 39.1 cm³/mol. The van der Waals surface area contributed by atoms with Gasteiger partial charge in [0.1, 0.15) is 6.61 Å². The third-order valence-electron chi connectivity index (χ3n) is 1.29. The molecule has 0 aliphatic carbocycles. The molecular weight excluding hydrogens is 185 g/mol. The highest BCUT2D eigenvalue weighted by molar-refractivity contribution is 4.77. The number of rotatable bonds is 4. The Bertz CT molecular complexity index is 232. The van der Waals surface area contributed by atoms with Gasteiger partial charge in [-0.2, -0.15) is 18.3 Å². The Morgan fingerprint density at radius 1 is 1.38 bits per heavy atom. The lowest BCUT2D eigenvalue weighted by Crippen LogP contribution is -2.19. The molecule has 6 heteroatoms. The van der Waals surface area contributed by atoms with Crippen molar-refractivity contribution in [1.82, 2.24) is 9.78 Å². The molecular formula is C7H9F3N2O. The van der Waals surface area contributed by atoms with Gasteiger partial charge in [0.25, 0.3) is 0 Å². The van der Waals surface area contributed by atoms with Crippen LogP contribution in [0.25, 0.3) is 0 Å². The molecule has 0 fully saturated rings. The summed E-state index contributed by atoms with van der Waals surface area (Å²) in [7, 11) is 0. The summed E-state index contributed by atoms with van der Waals surface area (Å²) in [5.74, 6) is 0. The summed E-state index contributed by atoms with van der Waals surface area (Å²) in [5, 5.41) is 3.81. The second-order valence-corrected chi connectivity index (χ2v) is 2.44. The van der Waals surface area contributed by atoms with Gasteiger partial charge in [0.05, 0.1) is 13.2 Å². The molecule has 0 atom stereocenters. The van der Waals surface area contributed by atoms with E-state index in [1.165, 1.54) is 4.68 Å². The summed E-state index contributed by atoms with van der Waals surface area (Å²) in [5.41, 5.74) is 0. The van der Waals surface area contributed by atoms with Crippen LogP contribution in [0.3, 0.4) is 0 Å². The quantitative estimate of drug-likeness (QED) is 0.678. The lowest BCUT2D eigenvalue weighted by atomic mass is 10.6. The summed E-state index contributed by atoms with van der Waals surface area (Å²) in [6, 6.07) is 1.70. The normalized spacial score (nSPS) is 11.9. The Balaban J connectivity index is 2.09. The maximum atomic E-state index is 11.6. The second kappa shape index (κ2) is 4.27. The average molecular weight is 194 g/mol. The fraction of sp³-hybridized carbons (Fsp3) is 0.571. The zero-order valence-corrected chi connectivity index (χ0v) is 6.79. The van der Waals surface area contributed by atoms with E-state index in [4.69, 9.17) is 0 Å². The number of halogens is 3. The molecule has 13 heavy (non-hydrogen) atoms. The summed E-state index contributed by atoms with van der Waals surface area (Å²) in [6.07, 6.45) is -1.02. The minimum atomic E-state index is -4.25. The molecule has 0 aliphatic heterocycles. The minimum absolute atomic E-state index is 0.0151. The Morgan fingerprint density at radius 3 is 2.69 bits per heavy atom. The first-order chi connectivity index (χ1) is 6.08. The van der Waals surface area contributed by atoms with E-state index in [0.717, 1.165) is 0 Å². The lowest BCUT2D eigenvalue weighted by Gasteiger charge is -2.07. The smallest absolute Gasteiger partial charge is 0.370 e. The van der Waals surface area contributed by atoms with E-state index in [1.54, 1.807) is 18.5 Å². The van der Waals surface area contributed by atoms with Crippen molar-refractivity contribution in [3.8, 4) is 0 Å². The molecule has 0 amide bonds. The summed E-state index contributed by atoms with van der Waals surface area (Å²) in [4.78, 5) is 0. The molecule has 0 spiro atoms. The zero-order valence-electron chi connectivity index (χ0n) is 6.79. The third-order valence-corrected chi connectivity index (χ3v) is 1.29. The molecule has 0 radical (unpaired) electrons. The van der Waals surface area contributed by atoms with Crippen LogP contribution in [0, 0.1) is 0 Å². The van der Waals surface area contributed by atoms with Gasteiger partial charge in [-0.3, -0.25) is 4.68 Å². The SMILES string of the molecule is FC(F)(F)COCCn1cccn1. The van der Waals surface area contributed by atoms with Crippen molar-refractivity contribution in [2.75, 3.05) is 13.2 Å². The Morgan fingerprint density at radius 2 is 2.15 bits per heavy atom. The Kier molecular flexibility index (Phi) is 3.30. The third kappa shape index (κ3) is 4.51. The highest BCUT2D eigenvalue weighted by atomic mass is 19.4. The summed E-state index contributed by atoms with van der Waals surface area (Å²) < 4.78 is 40.6. The van der Waals surface area contributed by atoms with E-state index < -0.39 is 12.8 Å². The second-order valence-electron chi connectivity index (χ2n) is 2.44.